The molecule has 1 amide bonds. The van der Waals surface area contributed by atoms with Crippen LogP contribution in [-0.4, -0.2) is 42.9 Å². The molecule has 1 aliphatic heterocycles. The van der Waals surface area contributed by atoms with Gasteiger partial charge in [-0.3, -0.25) is 4.79 Å². The highest BCUT2D eigenvalue weighted by Crippen LogP contribution is 2.19. The SMILES string of the molecule is O=C(CNCC1(O)CCOCC1)Nc1cccc(Br)c1. The second kappa shape index (κ2) is 7.17. The van der Waals surface area contributed by atoms with Crippen LogP contribution in [0.3, 0.4) is 0 Å². The quantitative estimate of drug-likeness (QED) is 0.758. The van der Waals surface area contributed by atoms with E-state index in [4.69, 9.17) is 4.74 Å². The molecule has 1 aliphatic rings. The van der Waals surface area contributed by atoms with Gasteiger partial charge in [0.25, 0.3) is 0 Å². The number of hydrogen-bond acceptors (Lipinski definition) is 4. The van der Waals surface area contributed by atoms with Crippen LogP contribution in [0, 0.1) is 0 Å². The number of carbonyl (C=O) groups is 1. The molecule has 0 aromatic heterocycles. The van der Waals surface area contributed by atoms with E-state index in [0.29, 0.717) is 32.6 Å². The van der Waals surface area contributed by atoms with Gasteiger partial charge < -0.3 is 20.5 Å². The fourth-order valence-electron chi connectivity index (χ4n) is 2.11. The zero-order valence-corrected chi connectivity index (χ0v) is 12.8. The Morgan fingerprint density at radius 1 is 1.40 bits per heavy atom. The number of rotatable bonds is 5. The van der Waals surface area contributed by atoms with Gasteiger partial charge in [0.05, 0.1) is 12.1 Å². The van der Waals surface area contributed by atoms with Crippen molar-refractivity contribution in [2.24, 2.45) is 0 Å². The number of hydrogen-bond donors (Lipinski definition) is 3. The predicted octanol–water partition coefficient (Wildman–Crippen LogP) is 1.52. The van der Waals surface area contributed by atoms with Gasteiger partial charge >= 0.3 is 0 Å². The number of anilines is 1. The van der Waals surface area contributed by atoms with E-state index in [2.05, 4.69) is 26.6 Å². The van der Waals surface area contributed by atoms with Crippen molar-refractivity contribution >= 4 is 27.5 Å². The molecule has 0 spiro atoms. The summed E-state index contributed by atoms with van der Waals surface area (Å²) >= 11 is 3.35. The van der Waals surface area contributed by atoms with Crippen molar-refractivity contribution in [1.29, 1.82) is 0 Å². The Morgan fingerprint density at radius 3 is 2.85 bits per heavy atom. The molecular weight excluding hydrogens is 324 g/mol. The molecule has 0 radical (unpaired) electrons. The molecule has 1 aromatic rings. The fraction of sp³-hybridized carbons (Fsp3) is 0.500. The number of halogens is 1. The average molecular weight is 343 g/mol. The molecule has 0 saturated carbocycles. The van der Waals surface area contributed by atoms with Crippen LogP contribution < -0.4 is 10.6 Å². The van der Waals surface area contributed by atoms with Crippen molar-refractivity contribution < 1.29 is 14.6 Å². The van der Waals surface area contributed by atoms with E-state index in [0.717, 1.165) is 10.2 Å². The van der Waals surface area contributed by atoms with E-state index in [-0.39, 0.29) is 12.5 Å². The van der Waals surface area contributed by atoms with Crippen molar-refractivity contribution in [3.05, 3.63) is 28.7 Å². The Balaban J connectivity index is 1.72. The van der Waals surface area contributed by atoms with Crippen LogP contribution in [0.1, 0.15) is 12.8 Å². The normalized spacial score (nSPS) is 17.7. The maximum atomic E-state index is 11.8. The first kappa shape index (κ1) is 15.4. The van der Waals surface area contributed by atoms with Gasteiger partial charge in [-0.05, 0) is 18.2 Å². The minimum absolute atomic E-state index is 0.126. The van der Waals surface area contributed by atoms with Gasteiger partial charge in [0, 0.05) is 42.8 Å². The number of benzene rings is 1. The molecule has 2 rings (SSSR count). The maximum absolute atomic E-state index is 11.8. The van der Waals surface area contributed by atoms with Crippen LogP contribution >= 0.6 is 15.9 Å². The number of aliphatic hydroxyl groups is 1. The van der Waals surface area contributed by atoms with E-state index in [1.807, 2.05) is 24.3 Å². The van der Waals surface area contributed by atoms with Crippen LogP contribution in [0.2, 0.25) is 0 Å². The molecule has 1 heterocycles. The third-order valence-electron chi connectivity index (χ3n) is 3.27. The van der Waals surface area contributed by atoms with E-state index in [1.165, 1.54) is 0 Å². The molecule has 5 nitrogen and oxygen atoms in total. The average Bonchev–Trinajstić information content (AvgIpc) is 2.39. The van der Waals surface area contributed by atoms with Crippen LogP contribution in [0.25, 0.3) is 0 Å². The smallest absolute Gasteiger partial charge is 0.238 e. The lowest BCUT2D eigenvalue weighted by Gasteiger charge is -2.32. The summed E-state index contributed by atoms with van der Waals surface area (Å²) in [5, 5.41) is 16.0. The molecule has 110 valence electrons. The van der Waals surface area contributed by atoms with Gasteiger partial charge in [0.2, 0.25) is 5.91 Å². The van der Waals surface area contributed by atoms with E-state index in [9.17, 15) is 9.90 Å². The van der Waals surface area contributed by atoms with E-state index < -0.39 is 5.60 Å². The number of nitrogens with one attached hydrogen (secondary N) is 2. The second-order valence-corrected chi connectivity index (χ2v) is 5.91. The van der Waals surface area contributed by atoms with Crippen LogP contribution in [0.5, 0.6) is 0 Å². The highest BCUT2D eigenvalue weighted by molar-refractivity contribution is 9.10. The lowest BCUT2D eigenvalue weighted by atomic mass is 9.94. The van der Waals surface area contributed by atoms with Gasteiger partial charge in [0.1, 0.15) is 0 Å². The second-order valence-electron chi connectivity index (χ2n) is 5.00. The first-order valence-electron chi connectivity index (χ1n) is 6.64. The standard InChI is InChI=1S/C14H19BrN2O3/c15-11-2-1-3-12(8-11)17-13(18)9-16-10-14(19)4-6-20-7-5-14/h1-3,8,16,19H,4-7,9-10H2,(H,17,18). The summed E-state index contributed by atoms with van der Waals surface area (Å²) in [6, 6.07) is 7.42. The molecular formula is C14H19BrN2O3. The molecule has 3 N–H and O–H groups in total. The largest absolute Gasteiger partial charge is 0.388 e. The van der Waals surface area contributed by atoms with Gasteiger partial charge in [-0.2, -0.15) is 0 Å². The molecule has 1 fully saturated rings. The Kier molecular flexibility index (Phi) is 5.54. The number of amides is 1. The first-order chi connectivity index (χ1) is 9.57. The van der Waals surface area contributed by atoms with E-state index >= 15 is 0 Å². The summed E-state index contributed by atoms with van der Waals surface area (Å²) in [5.41, 5.74) is -0.00940. The Morgan fingerprint density at radius 2 is 2.15 bits per heavy atom. The Bertz CT molecular complexity index is 461. The maximum Gasteiger partial charge on any atom is 0.238 e. The topological polar surface area (TPSA) is 70.6 Å². The molecule has 1 aromatic carbocycles. The summed E-state index contributed by atoms with van der Waals surface area (Å²) in [6.07, 6.45) is 1.21. The molecule has 1 saturated heterocycles. The predicted molar refractivity (Wildman–Crippen MR) is 80.6 cm³/mol. The highest BCUT2D eigenvalue weighted by Gasteiger charge is 2.29. The highest BCUT2D eigenvalue weighted by atomic mass is 79.9. The molecule has 6 heteroatoms. The lowest BCUT2D eigenvalue weighted by molar-refractivity contribution is -0.115. The minimum Gasteiger partial charge on any atom is -0.388 e. The summed E-state index contributed by atoms with van der Waals surface area (Å²) in [7, 11) is 0. The van der Waals surface area contributed by atoms with Crippen LogP contribution in [-0.2, 0) is 9.53 Å². The van der Waals surface area contributed by atoms with Crippen molar-refractivity contribution in [3.8, 4) is 0 Å². The fourth-order valence-corrected chi connectivity index (χ4v) is 2.51. The minimum atomic E-state index is -0.756. The monoisotopic (exact) mass is 342 g/mol. The summed E-state index contributed by atoms with van der Waals surface area (Å²) in [6.45, 7) is 1.72. The third-order valence-corrected chi connectivity index (χ3v) is 3.76. The van der Waals surface area contributed by atoms with Crippen LogP contribution in [0.4, 0.5) is 5.69 Å². The molecule has 0 aliphatic carbocycles. The van der Waals surface area contributed by atoms with Crippen molar-refractivity contribution in [2.75, 3.05) is 31.6 Å². The lowest BCUT2D eigenvalue weighted by Crippen LogP contribution is -2.46. The van der Waals surface area contributed by atoms with Crippen molar-refractivity contribution in [3.63, 3.8) is 0 Å². The molecule has 0 unspecified atom stereocenters. The van der Waals surface area contributed by atoms with Gasteiger partial charge in [-0.1, -0.05) is 22.0 Å². The van der Waals surface area contributed by atoms with Gasteiger partial charge in [-0.15, -0.1) is 0 Å². The molecule has 0 atom stereocenters. The summed E-state index contributed by atoms with van der Waals surface area (Å²) < 4.78 is 6.13. The number of ether oxygens (including phenoxy) is 1. The summed E-state index contributed by atoms with van der Waals surface area (Å²) in [5.74, 6) is -0.126. The third kappa shape index (κ3) is 4.86. The molecule has 0 bridgehead atoms. The number of carbonyl (C=O) groups excluding carboxylic acids is 1. The van der Waals surface area contributed by atoms with Crippen LogP contribution in [0.15, 0.2) is 28.7 Å². The Labute approximate surface area is 126 Å². The van der Waals surface area contributed by atoms with Crippen molar-refractivity contribution in [1.82, 2.24) is 5.32 Å². The van der Waals surface area contributed by atoms with E-state index in [1.54, 1.807) is 0 Å². The zero-order valence-electron chi connectivity index (χ0n) is 11.2. The zero-order chi connectivity index (χ0) is 14.4. The molecule has 20 heavy (non-hydrogen) atoms. The summed E-state index contributed by atoms with van der Waals surface area (Å²) in [4.78, 5) is 11.8. The Hall–Kier alpha value is -0.950. The van der Waals surface area contributed by atoms with Gasteiger partial charge in [-0.25, -0.2) is 0 Å². The van der Waals surface area contributed by atoms with Crippen molar-refractivity contribution in [2.45, 2.75) is 18.4 Å². The van der Waals surface area contributed by atoms with Gasteiger partial charge in [0.15, 0.2) is 0 Å². The first-order valence-corrected chi connectivity index (χ1v) is 7.43.